The van der Waals surface area contributed by atoms with Crippen LogP contribution in [0, 0.1) is 5.92 Å². The van der Waals surface area contributed by atoms with Gasteiger partial charge in [0.2, 0.25) is 15.7 Å². The van der Waals surface area contributed by atoms with Crippen LogP contribution in [0.15, 0.2) is 29.4 Å². The van der Waals surface area contributed by atoms with Crippen LogP contribution in [0.5, 0.6) is 0 Å². The lowest BCUT2D eigenvalue weighted by Crippen LogP contribution is -2.43. The van der Waals surface area contributed by atoms with Crippen molar-refractivity contribution in [2.45, 2.75) is 43.7 Å². The summed E-state index contributed by atoms with van der Waals surface area (Å²) in [7, 11) is -3.65. The van der Waals surface area contributed by atoms with Gasteiger partial charge in [0.05, 0.1) is 0 Å². The van der Waals surface area contributed by atoms with E-state index in [0.29, 0.717) is 5.92 Å². The van der Waals surface area contributed by atoms with Crippen molar-refractivity contribution >= 4 is 15.7 Å². The lowest BCUT2D eigenvalue weighted by molar-refractivity contribution is -0.119. The van der Waals surface area contributed by atoms with Crippen LogP contribution in [-0.2, 0) is 14.6 Å². The highest BCUT2D eigenvalue weighted by Gasteiger charge is 2.26. The molecule has 0 radical (unpaired) electrons. The van der Waals surface area contributed by atoms with Gasteiger partial charge in [-0.15, -0.1) is 0 Å². The van der Waals surface area contributed by atoms with Crippen LogP contribution in [0.2, 0.25) is 0 Å². The van der Waals surface area contributed by atoms with E-state index in [1.807, 2.05) is 0 Å². The molecule has 2 atom stereocenters. The van der Waals surface area contributed by atoms with Gasteiger partial charge in [0.15, 0.2) is 5.03 Å². The Morgan fingerprint density at radius 2 is 2.10 bits per heavy atom. The Morgan fingerprint density at radius 3 is 2.75 bits per heavy atom. The standard InChI is InChI=1S/C14H20N2O3S/c1-11-6-2-3-7-12(11)16-13(17)10-20(18,19)14-8-4-5-9-15-14/h4-5,8-9,11-12H,2-3,6-7,10H2,1H3,(H,16,17)/t11-,12-/m0/s1. The SMILES string of the molecule is C[C@H]1CCCC[C@@H]1NC(=O)CS(=O)(=O)c1ccccn1. The monoisotopic (exact) mass is 296 g/mol. The Bertz CT molecular complexity index is 557. The third kappa shape index (κ3) is 3.79. The number of nitrogens with zero attached hydrogens (tertiary/aromatic N) is 1. The molecule has 0 unspecified atom stereocenters. The first kappa shape index (κ1) is 15.0. The first-order chi connectivity index (χ1) is 9.49. The van der Waals surface area contributed by atoms with E-state index in [-0.39, 0.29) is 11.1 Å². The molecule has 1 aliphatic rings. The van der Waals surface area contributed by atoms with E-state index in [0.717, 1.165) is 19.3 Å². The number of carbonyl (C=O) groups is 1. The number of sulfone groups is 1. The zero-order valence-corrected chi connectivity index (χ0v) is 12.4. The summed E-state index contributed by atoms with van der Waals surface area (Å²) in [5, 5.41) is 2.80. The molecule has 5 nitrogen and oxygen atoms in total. The summed E-state index contributed by atoms with van der Waals surface area (Å²) in [4.78, 5) is 15.7. The molecule has 1 saturated carbocycles. The number of nitrogens with one attached hydrogen (secondary N) is 1. The van der Waals surface area contributed by atoms with Crippen LogP contribution in [0.3, 0.4) is 0 Å². The van der Waals surface area contributed by atoms with Crippen LogP contribution in [-0.4, -0.2) is 31.1 Å². The van der Waals surface area contributed by atoms with E-state index in [1.165, 1.54) is 18.7 Å². The molecular formula is C14H20N2O3S. The maximum atomic E-state index is 12.0. The Balaban J connectivity index is 1.97. The number of hydrogen-bond donors (Lipinski definition) is 1. The van der Waals surface area contributed by atoms with Gasteiger partial charge in [-0.05, 0) is 30.9 Å². The average Bonchev–Trinajstić information content (AvgIpc) is 2.42. The molecule has 1 heterocycles. The summed E-state index contributed by atoms with van der Waals surface area (Å²) in [6.45, 7) is 2.09. The van der Waals surface area contributed by atoms with Crippen molar-refractivity contribution in [2.75, 3.05) is 5.75 Å². The summed E-state index contributed by atoms with van der Waals surface area (Å²) in [5.74, 6) is -0.563. The van der Waals surface area contributed by atoms with Gasteiger partial charge in [0, 0.05) is 12.2 Å². The van der Waals surface area contributed by atoms with E-state index in [2.05, 4.69) is 17.2 Å². The van der Waals surface area contributed by atoms with Crippen molar-refractivity contribution in [1.29, 1.82) is 0 Å². The zero-order valence-electron chi connectivity index (χ0n) is 11.6. The third-order valence-corrected chi connectivity index (χ3v) is 5.26. The summed E-state index contributed by atoms with van der Waals surface area (Å²) in [6.07, 6.45) is 5.69. The molecule has 1 aromatic rings. The highest BCUT2D eigenvalue weighted by molar-refractivity contribution is 7.92. The van der Waals surface area contributed by atoms with Crippen LogP contribution in [0.1, 0.15) is 32.6 Å². The van der Waals surface area contributed by atoms with E-state index < -0.39 is 21.5 Å². The average molecular weight is 296 g/mol. The van der Waals surface area contributed by atoms with Gasteiger partial charge < -0.3 is 5.32 Å². The van der Waals surface area contributed by atoms with Crippen molar-refractivity contribution in [3.05, 3.63) is 24.4 Å². The Morgan fingerprint density at radius 1 is 1.35 bits per heavy atom. The minimum atomic E-state index is -3.65. The lowest BCUT2D eigenvalue weighted by Gasteiger charge is -2.29. The molecule has 0 aliphatic heterocycles. The number of aromatic nitrogens is 1. The first-order valence-corrected chi connectivity index (χ1v) is 8.57. The minimum Gasteiger partial charge on any atom is -0.352 e. The molecule has 20 heavy (non-hydrogen) atoms. The number of hydrogen-bond acceptors (Lipinski definition) is 4. The van der Waals surface area contributed by atoms with E-state index in [1.54, 1.807) is 12.1 Å². The normalized spacial score (nSPS) is 23.2. The van der Waals surface area contributed by atoms with Crippen LogP contribution < -0.4 is 5.32 Å². The number of rotatable bonds is 4. The molecule has 1 amide bonds. The lowest BCUT2D eigenvalue weighted by atomic mass is 9.86. The van der Waals surface area contributed by atoms with Crippen molar-refractivity contribution < 1.29 is 13.2 Å². The fourth-order valence-electron chi connectivity index (χ4n) is 2.56. The molecule has 1 aromatic heterocycles. The first-order valence-electron chi connectivity index (χ1n) is 6.92. The molecule has 110 valence electrons. The molecule has 1 fully saturated rings. The van der Waals surface area contributed by atoms with Crippen molar-refractivity contribution in [3.63, 3.8) is 0 Å². The summed E-state index contributed by atoms with van der Waals surface area (Å²) < 4.78 is 24.1. The second kappa shape index (κ2) is 6.35. The second-order valence-electron chi connectivity index (χ2n) is 5.36. The van der Waals surface area contributed by atoms with Crippen molar-refractivity contribution in [2.24, 2.45) is 5.92 Å². The van der Waals surface area contributed by atoms with E-state index in [4.69, 9.17) is 0 Å². The minimum absolute atomic E-state index is 0.0492. The molecule has 1 aliphatic carbocycles. The Hall–Kier alpha value is -1.43. The fraction of sp³-hybridized carbons (Fsp3) is 0.571. The summed E-state index contributed by atoms with van der Waals surface area (Å²) in [6, 6.07) is 4.74. The Kier molecular flexibility index (Phi) is 4.75. The Labute approximate surface area is 119 Å². The van der Waals surface area contributed by atoms with Crippen LogP contribution in [0.4, 0.5) is 0 Å². The van der Waals surface area contributed by atoms with Crippen molar-refractivity contribution in [3.8, 4) is 0 Å². The molecular weight excluding hydrogens is 276 g/mol. The maximum Gasteiger partial charge on any atom is 0.235 e. The quantitative estimate of drug-likeness (QED) is 0.914. The van der Waals surface area contributed by atoms with Crippen molar-refractivity contribution in [1.82, 2.24) is 10.3 Å². The predicted molar refractivity (Wildman–Crippen MR) is 75.9 cm³/mol. The fourth-order valence-corrected chi connectivity index (χ4v) is 3.64. The zero-order chi connectivity index (χ0) is 14.6. The topological polar surface area (TPSA) is 76.1 Å². The molecule has 6 heteroatoms. The number of carbonyl (C=O) groups excluding carboxylic acids is 1. The van der Waals surface area contributed by atoms with Gasteiger partial charge in [0.1, 0.15) is 5.75 Å². The predicted octanol–water partition coefficient (Wildman–Crippen LogP) is 1.55. The molecule has 0 bridgehead atoms. The number of pyridine rings is 1. The molecule has 2 rings (SSSR count). The number of amides is 1. The van der Waals surface area contributed by atoms with Gasteiger partial charge in [-0.3, -0.25) is 4.79 Å². The third-order valence-electron chi connectivity index (χ3n) is 3.74. The van der Waals surface area contributed by atoms with Gasteiger partial charge in [-0.2, -0.15) is 0 Å². The van der Waals surface area contributed by atoms with Crippen LogP contribution in [0.25, 0.3) is 0 Å². The second-order valence-corrected chi connectivity index (χ2v) is 7.30. The van der Waals surface area contributed by atoms with Gasteiger partial charge in [-0.1, -0.05) is 25.8 Å². The van der Waals surface area contributed by atoms with Gasteiger partial charge in [0.25, 0.3) is 0 Å². The molecule has 0 spiro atoms. The molecule has 0 saturated heterocycles. The summed E-state index contributed by atoms with van der Waals surface area (Å²) >= 11 is 0. The van der Waals surface area contributed by atoms with Gasteiger partial charge >= 0.3 is 0 Å². The highest BCUT2D eigenvalue weighted by atomic mass is 32.2. The smallest absolute Gasteiger partial charge is 0.235 e. The highest BCUT2D eigenvalue weighted by Crippen LogP contribution is 2.23. The summed E-state index contributed by atoms with van der Waals surface area (Å²) in [5.41, 5.74) is 0. The largest absolute Gasteiger partial charge is 0.352 e. The maximum absolute atomic E-state index is 12.0. The van der Waals surface area contributed by atoms with Crippen LogP contribution >= 0.6 is 0 Å². The van der Waals surface area contributed by atoms with E-state index >= 15 is 0 Å². The van der Waals surface area contributed by atoms with E-state index in [9.17, 15) is 13.2 Å². The molecule has 0 aromatic carbocycles. The van der Waals surface area contributed by atoms with Gasteiger partial charge in [-0.25, -0.2) is 13.4 Å². The molecule has 1 N–H and O–H groups in total.